The molecule has 0 atom stereocenters. The van der Waals surface area contributed by atoms with E-state index < -0.39 is 0 Å². The number of rotatable bonds is 3. The van der Waals surface area contributed by atoms with Crippen molar-refractivity contribution in [3.05, 3.63) is 28.2 Å². The molecule has 112 valence electrons. The molecular weight excluding hydrogens is 310 g/mol. The van der Waals surface area contributed by atoms with Crippen molar-refractivity contribution in [3.8, 4) is 0 Å². The molecule has 1 nitrogen and oxygen atoms in total. The lowest BCUT2D eigenvalue weighted by Gasteiger charge is -2.37. The van der Waals surface area contributed by atoms with Crippen molar-refractivity contribution in [2.75, 3.05) is 11.9 Å². The molecule has 1 fully saturated rings. The summed E-state index contributed by atoms with van der Waals surface area (Å²) < 4.78 is 1.18. The Morgan fingerprint density at radius 1 is 1.15 bits per heavy atom. The Kier molecular flexibility index (Phi) is 5.17. The molecule has 1 aliphatic carbocycles. The van der Waals surface area contributed by atoms with E-state index in [2.05, 4.69) is 67.1 Å². The van der Waals surface area contributed by atoms with Crippen LogP contribution in [-0.4, -0.2) is 6.54 Å². The summed E-state index contributed by atoms with van der Waals surface area (Å²) in [5.74, 6) is 1.74. The quantitative estimate of drug-likeness (QED) is 0.710. The third-order valence-corrected chi connectivity index (χ3v) is 5.43. The summed E-state index contributed by atoms with van der Waals surface area (Å²) in [6, 6.07) is 6.53. The van der Waals surface area contributed by atoms with E-state index in [9.17, 15) is 0 Å². The molecule has 1 aromatic carbocycles. The zero-order valence-electron chi connectivity index (χ0n) is 13.3. The molecular formula is C18H28BrN. The molecule has 1 saturated carbocycles. The molecule has 0 aromatic heterocycles. The molecule has 0 amide bonds. The van der Waals surface area contributed by atoms with E-state index in [0.717, 1.165) is 18.4 Å². The lowest BCUT2D eigenvalue weighted by atomic mass is 9.70. The minimum absolute atomic E-state index is 0.485. The van der Waals surface area contributed by atoms with E-state index in [4.69, 9.17) is 0 Å². The largest absolute Gasteiger partial charge is 0.384 e. The number of hydrogen-bond donors (Lipinski definition) is 1. The second-order valence-corrected chi connectivity index (χ2v) is 8.30. The summed E-state index contributed by atoms with van der Waals surface area (Å²) in [6.45, 7) is 10.4. The normalized spacial score (nSPS) is 23.6. The average Bonchev–Trinajstić information content (AvgIpc) is 2.37. The lowest BCUT2D eigenvalue weighted by Crippen LogP contribution is -2.28. The lowest BCUT2D eigenvalue weighted by molar-refractivity contribution is 0.153. The van der Waals surface area contributed by atoms with Crippen molar-refractivity contribution in [2.45, 2.75) is 53.4 Å². The molecule has 0 bridgehead atoms. The summed E-state index contributed by atoms with van der Waals surface area (Å²) in [5.41, 5.74) is 3.01. The molecule has 0 radical (unpaired) electrons. The zero-order chi connectivity index (χ0) is 14.8. The Morgan fingerprint density at radius 3 is 2.35 bits per heavy atom. The first kappa shape index (κ1) is 15.9. The van der Waals surface area contributed by atoms with Crippen LogP contribution in [0.1, 0.15) is 52.0 Å². The van der Waals surface area contributed by atoms with Gasteiger partial charge >= 0.3 is 0 Å². The second-order valence-electron chi connectivity index (χ2n) is 7.45. The molecule has 0 unspecified atom stereocenters. The van der Waals surface area contributed by atoms with Crippen LogP contribution in [0, 0.1) is 24.2 Å². The fourth-order valence-corrected chi connectivity index (χ4v) is 3.88. The van der Waals surface area contributed by atoms with Gasteiger partial charge < -0.3 is 5.32 Å². The number of hydrogen-bond acceptors (Lipinski definition) is 1. The predicted octanol–water partition coefficient (Wildman–Crippen LogP) is 6.02. The van der Waals surface area contributed by atoms with Gasteiger partial charge in [-0.2, -0.15) is 0 Å². The number of anilines is 1. The highest BCUT2D eigenvalue weighted by Gasteiger charge is 2.29. The van der Waals surface area contributed by atoms with Crippen molar-refractivity contribution >= 4 is 21.6 Å². The highest BCUT2D eigenvalue weighted by Crippen LogP contribution is 2.39. The number of halogens is 1. The van der Waals surface area contributed by atoms with Crippen LogP contribution in [0.3, 0.4) is 0 Å². The molecule has 2 heteroatoms. The van der Waals surface area contributed by atoms with Gasteiger partial charge in [-0.3, -0.25) is 0 Å². The molecule has 2 rings (SSSR count). The summed E-state index contributed by atoms with van der Waals surface area (Å²) in [6.07, 6.45) is 5.53. The van der Waals surface area contributed by atoms with E-state index >= 15 is 0 Å². The van der Waals surface area contributed by atoms with Crippen LogP contribution in [0.4, 0.5) is 5.69 Å². The van der Waals surface area contributed by atoms with E-state index in [1.54, 1.807) is 0 Å². The average molecular weight is 338 g/mol. The van der Waals surface area contributed by atoms with E-state index in [1.807, 2.05) is 0 Å². The zero-order valence-corrected chi connectivity index (χ0v) is 14.9. The van der Waals surface area contributed by atoms with Gasteiger partial charge in [0.25, 0.3) is 0 Å². The minimum atomic E-state index is 0.485. The maximum Gasteiger partial charge on any atom is 0.0484 e. The van der Waals surface area contributed by atoms with Gasteiger partial charge in [-0.1, -0.05) is 26.8 Å². The van der Waals surface area contributed by atoms with Crippen molar-refractivity contribution in [2.24, 2.45) is 17.3 Å². The van der Waals surface area contributed by atoms with Gasteiger partial charge in [-0.25, -0.2) is 0 Å². The first-order chi connectivity index (χ1) is 9.36. The van der Waals surface area contributed by atoms with Crippen LogP contribution in [0.15, 0.2) is 22.7 Å². The predicted molar refractivity (Wildman–Crippen MR) is 92.3 cm³/mol. The Labute approximate surface area is 132 Å². The second kappa shape index (κ2) is 6.51. The Hall–Kier alpha value is -0.500. The first-order valence-electron chi connectivity index (χ1n) is 7.86. The minimum Gasteiger partial charge on any atom is -0.384 e. The van der Waals surface area contributed by atoms with Crippen LogP contribution in [0.2, 0.25) is 0 Å². The van der Waals surface area contributed by atoms with E-state index in [-0.39, 0.29) is 0 Å². The summed E-state index contributed by atoms with van der Waals surface area (Å²) in [7, 11) is 0. The summed E-state index contributed by atoms with van der Waals surface area (Å²) in [5, 5.41) is 3.62. The fraction of sp³-hybridized carbons (Fsp3) is 0.667. The summed E-state index contributed by atoms with van der Waals surface area (Å²) >= 11 is 3.65. The Balaban J connectivity index is 1.82. The van der Waals surface area contributed by atoms with Gasteiger partial charge in [0.05, 0.1) is 0 Å². The highest BCUT2D eigenvalue weighted by molar-refractivity contribution is 9.10. The molecule has 20 heavy (non-hydrogen) atoms. The first-order valence-corrected chi connectivity index (χ1v) is 8.65. The van der Waals surface area contributed by atoms with Crippen LogP contribution in [0.5, 0.6) is 0 Å². The van der Waals surface area contributed by atoms with Crippen molar-refractivity contribution in [1.29, 1.82) is 0 Å². The number of nitrogens with one attached hydrogen (secondary N) is 1. The van der Waals surface area contributed by atoms with Crippen molar-refractivity contribution in [1.82, 2.24) is 0 Å². The number of aryl methyl sites for hydroxylation is 1. The van der Waals surface area contributed by atoms with Crippen LogP contribution < -0.4 is 5.32 Å². The maximum absolute atomic E-state index is 3.65. The third-order valence-electron chi connectivity index (χ3n) is 4.78. The van der Waals surface area contributed by atoms with Crippen LogP contribution in [-0.2, 0) is 0 Å². The highest BCUT2D eigenvalue weighted by atomic mass is 79.9. The monoisotopic (exact) mass is 337 g/mol. The summed E-state index contributed by atoms with van der Waals surface area (Å²) in [4.78, 5) is 0. The van der Waals surface area contributed by atoms with Gasteiger partial charge in [0, 0.05) is 16.7 Å². The Morgan fingerprint density at radius 2 is 1.80 bits per heavy atom. The fourth-order valence-electron chi connectivity index (χ4n) is 3.25. The molecule has 1 aliphatic rings. The van der Waals surface area contributed by atoms with Crippen molar-refractivity contribution in [3.63, 3.8) is 0 Å². The van der Waals surface area contributed by atoms with Gasteiger partial charge in [-0.15, -0.1) is 0 Å². The standard InChI is InChI=1S/C18H28BrN/c1-13-5-10-17(16(19)11-13)20-12-14-6-8-15(9-7-14)18(2,3)4/h5,10-11,14-15,20H,6-9,12H2,1-4H3. The Bertz CT molecular complexity index is 439. The molecule has 0 spiro atoms. The SMILES string of the molecule is Cc1ccc(NCC2CCC(C(C)(C)C)CC2)c(Br)c1. The molecule has 1 N–H and O–H groups in total. The number of benzene rings is 1. The molecule has 1 aromatic rings. The maximum atomic E-state index is 3.65. The molecule has 0 saturated heterocycles. The van der Waals surface area contributed by atoms with Gasteiger partial charge in [0.2, 0.25) is 0 Å². The van der Waals surface area contributed by atoms with E-state index in [1.165, 1.54) is 41.4 Å². The van der Waals surface area contributed by atoms with Gasteiger partial charge in [-0.05, 0) is 83.5 Å². The van der Waals surface area contributed by atoms with Crippen LogP contribution in [0.25, 0.3) is 0 Å². The van der Waals surface area contributed by atoms with Gasteiger partial charge in [0.1, 0.15) is 0 Å². The van der Waals surface area contributed by atoms with Crippen molar-refractivity contribution < 1.29 is 0 Å². The third kappa shape index (κ3) is 4.25. The van der Waals surface area contributed by atoms with Gasteiger partial charge in [0.15, 0.2) is 0 Å². The van der Waals surface area contributed by atoms with E-state index in [0.29, 0.717) is 5.41 Å². The van der Waals surface area contributed by atoms with Crippen LogP contribution >= 0.6 is 15.9 Å². The molecule has 0 heterocycles. The topological polar surface area (TPSA) is 12.0 Å². The smallest absolute Gasteiger partial charge is 0.0484 e. The molecule has 0 aliphatic heterocycles.